The third kappa shape index (κ3) is 4.88. The average molecular weight is 259 g/mol. The van der Waals surface area contributed by atoms with Crippen LogP contribution in [0.5, 0.6) is 0 Å². The van der Waals surface area contributed by atoms with Crippen molar-refractivity contribution in [3.05, 3.63) is 0 Å². The Balaban J connectivity index is 2.44. The van der Waals surface area contributed by atoms with E-state index in [0.29, 0.717) is 29.1 Å². The molecular formula is C13H25NO2S. The predicted octanol–water partition coefficient (Wildman–Crippen LogP) is 2.45. The van der Waals surface area contributed by atoms with Gasteiger partial charge in [-0.15, -0.1) is 11.8 Å². The second-order valence-corrected chi connectivity index (χ2v) is 6.68. The van der Waals surface area contributed by atoms with Gasteiger partial charge in [-0.05, 0) is 38.6 Å². The first-order chi connectivity index (χ1) is 7.98. The molecule has 2 atom stereocenters. The number of esters is 1. The molecule has 2 unspecified atom stereocenters. The molecule has 0 aromatic carbocycles. The van der Waals surface area contributed by atoms with Crippen LogP contribution in [0, 0.1) is 5.41 Å². The first-order valence-electron chi connectivity index (χ1n) is 6.43. The summed E-state index contributed by atoms with van der Waals surface area (Å²) in [6, 6.07) is 0.530. The molecule has 0 radical (unpaired) electrons. The summed E-state index contributed by atoms with van der Waals surface area (Å²) in [6.45, 7) is 6.96. The summed E-state index contributed by atoms with van der Waals surface area (Å²) in [7, 11) is 2.01. The molecule has 3 nitrogen and oxygen atoms in total. The van der Waals surface area contributed by atoms with Gasteiger partial charge in [-0.1, -0.05) is 13.8 Å². The van der Waals surface area contributed by atoms with Crippen molar-refractivity contribution in [2.45, 2.75) is 51.3 Å². The summed E-state index contributed by atoms with van der Waals surface area (Å²) in [6.07, 6.45) is 3.63. The van der Waals surface area contributed by atoms with E-state index in [2.05, 4.69) is 19.2 Å². The number of rotatable bonds is 5. The molecule has 1 aliphatic carbocycles. The van der Waals surface area contributed by atoms with Crippen LogP contribution >= 0.6 is 11.8 Å². The molecule has 0 saturated heterocycles. The molecule has 0 amide bonds. The Hall–Kier alpha value is -0.220. The second-order valence-electron chi connectivity index (χ2n) is 5.46. The highest BCUT2D eigenvalue weighted by atomic mass is 32.2. The molecule has 0 aromatic heterocycles. The first-order valence-corrected chi connectivity index (χ1v) is 7.48. The van der Waals surface area contributed by atoms with E-state index in [-0.39, 0.29) is 5.97 Å². The number of nitrogens with one attached hydrogen (secondary N) is 1. The molecule has 1 aliphatic rings. The zero-order chi connectivity index (χ0) is 12.9. The summed E-state index contributed by atoms with van der Waals surface area (Å²) in [4.78, 5) is 11.4. The Labute approximate surface area is 109 Å². The maximum absolute atomic E-state index is 11.4. The molecule has 0 aliphatic heterocycles. The lowest BCUT2D eigenvalue weighted by molar-refractivity contribution is -0.139. The van der Waals surface area contributed by atoms with Crippen molar-refractivity contribution in [3.8, 4) is 0 Å². The van der Waals surface area contributed by atoms with Crippen LogP contribution in [0.25, 0.3) is 0 Å². The van der Waals surface area contributed by atoms with Gasteiger partial charge in [-0.3, -0.25) is 4.79 Å². The Morgan fingerprint density at radius 2 is 2.24 bits per heavy atom. The fraction of sp³-hybridized carbons (Fsp3) is 0.923. The second kappa shape index (κ2) is 6.64. The van der Waals surface area contributed by atoms with E-state index in [1.165, 1.54) is 19.3 Å². The van der Waals surface area contributed by atoms with Gasteiger partial charge in [0.1, 0.15) is 0 Å². The Kier molecular flexibility index (Phi) is 5.80. The minimum atomic E-state index is -0.0873. The van der Waals surface area contributed by atoms with E-state index in [1.807, 2.05) is 14.0 Å². The van der Waals surface area contributed by atoms with E-state index < -0.39 is 0 Å². The van der Waals surface area contributed by atoms with E-state index >= 15 is 0 Å². The number of carbonyl (C=O) groups excluding carboxylic acids is 1. The number of carbonyl (C=O) groups is 1. The summed E-state index contributed by atoms with van der Waals surface area (Å²) >= 11 is 1.74. The van der Waals surface area contributed by atoms with E-state index in [4.69, 9.17) is 4.74 Å². The van der Waals surface area contributed by atoms with Crippen LogP contribution in [0.1, 0.15) is 40.0 Å². The zero-order valence-corrected chi connectivity index (χ0v) is 12.2. The molecule has 100 valence electrons. The Bertz CT molecular complexity index is 256. The molecule has 0 bridgehead atoms. The minimum absolute atomic E-state index is 0.0873. The van der Waals surface area contributed by atoms with Crippen molar-refractivity contribution >= 4 is 17.7 Å². The standard InChI is InChI=1S/C13H25NO2S/c1-5-16-12(15)9-17-11-8-13(2,3)7-6-10(11)14-4/h10-11,14H,5-9H2,1-4H3. The van der Waals surface area contributed by atoms with Crippen LogP contribution in [0.15, 0.2) is 0 Å². The minimum Gasteiger partial charge on any atom is -0.465 e. The predicted molar refractivity (Wildman–Crippen MR) is 73.4 cm³/mol. The fourth-order valence-corrected chi connectivity index (χ4v) is 3.91. The molecule has 1 rings (SSSR count). The molecule has 0 spiro atoms. The number of hydrogen-bond acceptors (Lipinski definition) is 4. The van der Waals surface area contributed by atoms with Gasteiger partial charge in [0.2, 0.25) is 0 Å². The van der Waals surface area contributed by atoms with Crippen molar-refractivity contribution in [2.24, 2.45) is 5.41 Å². The van der Waals surface area contributed by atoms with Crippen molar-refractivity contribution < 1.29 is 9.53 Å². The summed E-state index contributed by atoms with van der Waals surface area (Å²) in [5, 5.41) is 3.90. The lowest BCUT2D eigenvalue weighted by atomic mass is 9.75. The van der Waals surface area contributed by atoms with Gasteiger partial charge in [0.05, 0.1) is 12.4 Å². The third-order valence-electron chi connectivity index (χ3n) is 3.43. The van der Waals surface area contributed by atoms with Crippen molar-refractivity contribution in [2.75, 3.05) is 19.4 Å². The van der Waals surface area contributed by atoms with Crippen LogP contribution in [-0.2, 0) is 9.53 Å². The number of thioether (sulfide) groups is 1. The summed E-state index contributed by atoms with van der Waals surface area (Å²) in [5.74, 6) is 0.392. The third-order valence-corrected chi connectivity index (χ3v) is 4.75. The number of hydrogen-bond donors (Lipinski definition) is 1. The number of ether oxygens (including phenoxy) is 1. The van der Waals surface area contributed by atoms with Gasteiger partial charge in [-0.25, -0.2) is 0 Å². The van der Waals surface area contributed by atoms with Crippen LogP contribution < -0.4 is 5.32 Å². The molecule has 1 saturated carbocycles. The summed E-state index contributed by atoms with van der Waals surface area (Å²) < 4.78 is 4.97. The van der Waals surface area contributed by atoms with E-state index in [9.17, 15) is 4.79 Å². The van der Waals surface area contributed by atoms with Crippen LogP contribution in [0.4, 0.5) is 0 Å². The maximum Gasteiger partial charge on any atom is 0.315 e. The van der Waals surface area contributed by atoms with Gasteiger partial charge in [0, 0.05) is 11.3 Å². The highest BCUT2D eigenvalue weighted by Gasteiger charge is 2.34. The zero-order valence-electron chi connectivity index (χ0n) is 11.4. The van der Waals surface area contributed by atoms with Gasteiger partial charge in [0.15, 0.2) is 0 Å². The van der Waals surface area contributed by atoms with Crippen LogP contribution in [0.2, 0.25) is 0 Å². The first kappa shape index (κ1) is 14.8. The lowest BCUT2D eigenvalue weighted by Crippen LogP contribution is -2.43. The molecule has 4 heteroatoms. The van der Waals surface area contributed by atoms with Gasteiger partial charge >= 0.3 is 5.97 Å². The van der Waals surface area contributed by atoms with Crippen LogP contribution in [0.3, 0.4) is 0 Å². The highest BCUT2D eigenvalue weighted by molar-refractivity contribution is 8.00. The molecular weight excluding hydrogens is 234 g/mol. The normalized spacial score (nSPS) is 27.8. The lowest BCUT2D eigenvalue weighted by Gasteiger charge is -2.40. The molecule has 1 fully saturated rings. The van der Waals surface area contributed by atoms with Crippen molar-refractivity contribution in [1.29, 1.82) is 0 Å². The topological polar surface area (TPSA) is 38.3 Å². The van der Waals surface area contributed by atoms with Gasteiger partial charge < -0.3 is 10.1 Å². The average Bonchev–Trinajstić information content (AvgIpc) is 2.26. The van der Waals surface area contributed by atoms with Gasteiger partial charge in [0.25, 0.3) is 0 Å². The Morgan fingerprint density at radius 1 is 1.53 bits per heavy atom. The Morgan fingerprint density at radius 3 is 2.82 bits per heavy atom. The quantitative estimate of drug-likeness (QED) is 0.770. The largest absolute Gasteiger partial charge is 0.465 e. The molecule has 1 N–H and O–H groups in total. The monoisotopic (exact) mass is 259 g/mol. The van der Waals surface area contributed by atoms with E-state index in [1.54, 1.807) is 11.8 Å². The SMILES string of the molecule is CCOC(=O)CSC1CC(C)(C)CCC1NC. The summed E-state index contributed by atoms with van der Waals surface area (Å²) in [5.41, 5.74) is 0.402. The maximum atomic E-state index is 11.4. The molecule has 0 heterocycles. The molecule has 17 heavy (non-hydrogen) atoms. The molecule has 0 aromatic rings. The van der Waals surface area contributed by atoms with Crippen LogP contribution in [-0.4, -0.2) is 36.7 Å². The fourth-order valence-electron chi connectivity index (χ4n) is 2.40. The van der Waals surface area contributed by atoms with E-state index in [0.717, 1.165) is 0 Å². The van der Waals surface area contributed by atoms with Crippen molar-refractivity contribution in [3.63, 3.8) is 0 Å². The van der Waals surface area contributed by atoms with Crippen molar-refractivity contribution in [1.82, 2.24) is 5.32 Å². The smallest absolute Gasteiger partial charge is 0.315 e. The highest BCUT2D eigenvalue weighted by Crippen LogP contribution is 2.40. The van der Waals surface area contributed by atoms with Gasteiger partial charge in [-0.2, -0.15) is 0 Å².